The number of halogens is 2. The lowest BCUT2D eigenvalue weighted by Gasteiger charge is -2.18. The van der Waals surface area contributed by atoms with Gasteiger partial charge >= 0.3 is 0 Å². The first-order chi connectivity index (χ1) is 10.4. The molecule has 114 valence electrons. The zero-order valence-electron chi connectivity index (χ0n) is 11.6. The van der Waals surface area contributed by atoms with Crippen molar-refractivity contribution in [3.8, 4) is 0 Å². The van der Waals surface area contributed by atoms with E-state index in [1.807, 2.05) is 0 Å². The van der Waals surface area contributed by atoms with Crippen LogP contribution in [0, 0.1) is 21.7 Å². The van der Waals surface area contributed by atoms with Gasteiger partial charge in [-0.05, 0) is 12.1 Å². The van der Waals surface area contributed by atoms with Gasteiger partial charge in [0.2, 0.25) is 0 Å². The smallest absolute Gasteiger partial charge is 0.272 e. The van der Waals surface area contributed by atoms with E-state index in [0.29, 0.717) is 11.6 Å². The highest BCUT2D eigenvalue weighted by Crippen LogP contribution is 2.19. The van der Waals surface area contributed by atoms with E-state index < -0.39 is 28.2 Å². The Labute approximate surface area is 124 Å². The SMILES string of the molecule is CN(Cc1ccccc1F)C(=O)c1ccc([N+](=O)[O-])cc1F. The Morgan fingerprint density at radius 2 is 1.86 bits per heavy atom. The van der Waals surface area contributed by atoms with E-state index in [-0.39, 0.29) is 12.1 Å². The molecule has 0 spiro atoms. The fourth-order valence-corrected chi connectivity index (χ4v) is 1.95. The first-order valence-corrected chi connectivity index (χ1v) is 6.33. The van der Waals surface area contributed by atoms with Crippen LogP contribution in [0.5, 0.6) is 0 Å². The molecule has 22 heavy (non-hydrogen) atoms. The maximum atomic E-state index is 13.8. The summed E-state index contributed by atoms with van der Waals surface area (Å²) in [7, 11) is 1.40. The molecule has 0 fully saturated rings. The molecule has 5 nitrogen and oxygen atoms in total. The molecule has 0 atom stereocenters. The molecule has 0 N–H and O–H groups in total. The Morgan fingerprint density at radius 3 is 2.45 bits per heavy atom. The number of carbonyl (C=O) groups excluding carboxylic acids is 1. The summed E-state index contributed by atoms with van der Waals surface area (Å²) in [5, 5.41) is 10.5. The summed E-state index contributed by atoms with van der Waals surface area (Å²) in [5.74, 6) is -2.14. The van der Waals surface area contributed by atoms with Crippen molar-refractivity contribution in [2.45, 2.75) is 6.54 Å². The molecule has 0 heterocycles. The van der Waals surface area contributed by atoms with E-state index in [0.717, 1.165) is 17.0 Å². The summed E-state index contributed by atoms with van der Waals surface area (Å²) in [6.07, 6.45) is 0. The van der Waals surface area contributed by atoms with Crippen LogP contribution in [0.15, 0.2) is 42.5 Å². The second-order valence-corrected chi connectivity index (χ2v) is 4.67. The first kappa shape index (κ1) is 15.6. The number of nitro benzene ring substituents is 1. The summed E-state index contributed by atoms with van der Waals surface area (Å²) >= 11 is 0. The van der Waals surface area contributed by atoms with Crippen molar-refractivity contribution in [2.24, 2.45) is 0 Å². The van der Waals surface area contributed by atoms with Crippen molar-refractivity contribution in [1.29, 1.82) is 0 Å². The maximum absolute atomic E-state index is 13.8. The number of benzene rings is 2. The Bertz CT molecular complexity index is 734. The number of nitrogens with zero attached hydrogens (tertiary/aromatic N) is 2. The third-order valence-corrected chi connectivity index (χ3v) is 3.11. The van der Waals surface area contributed by atoms with Gasteiger partial charge in [-0.2, -0.15) is 0 Å². The minimum atomic E-state index is -0.986. The largest absolute Gasteiger partial charge is 0.337 e. The molecule has 0 radical (unpaired) electrons. The van der Waals surface area contributed by atoms with Gasteiger partial charge < -0.3 is 4.90 Å². The van der Waals surface area contributed by atoms with Crippen LogP contribution in [0.25, 0.3) is 0 Å². The zero-order valence-corrected chi connectivity index (χ0v) is 11.6. The summed E-state index contributed by atoms with van der Waals surface area (Å²) in [5.41, 5.74) is -0.448. The topological polar surface area (TPSA) is 63.5 Å². The van der Waals surface area contributed by atoms with Gasteiger partial charge in [-0.1, -0.05) is 18.2 Å². The van der Waals surface area contributed by atoms with E-state index in [1.165, 1.54) is 25.2 Å². The van der Waals surface area contributed by atoms with E-state index in [2.05, 4.69) is 0 Å². The highest BCUT2D eigenvalue weighted by Gasteiger charge is 2.20. The monoisotopic (exact) mass is 306 g/mol. The second kappa shape index (κ2) is 6.30. The fourth-order valence-electron chi connectivity index (χ4n) is 1.95. The molecule has 7 heteroatoms. The van der Waals surface area contributed by atoms with E-state index in [1.54, 1.807) is 6.07 Å². The maximum Gasteiger partial charge on any atom is 0.272 e. The molecular weight excluding hydrogens is 294 g/mol. The van der Waals surface area contributed by atoms with Gasteiger partial charge in [0.05, 0.1) is 16.6 Å². The van der Waals surface area contributed by atoms with Gasteiger partial charge in [-0.15, -0.1) is 0 Å². The molecule has 0 unspecified atom stereocenters. The van der Waals surface area contributed by atoms with Crippen LogP contribution in [0.3, 0.4) is 0 Å². The lowest BCUT2D eigenvalue weighted by atomic mass is 10.1. The van der Waals surface area contributed by atoms with Gasteiger partial charge in [-0.25, -0.2) is 8.78 Å². The summed E-state index contributed by atoms with van der Waals surface area (Å²) < 4.78 is 27.4. The molecule has 0 aliphatic rings. The van der Waals surface area contributed by atoms with E-state index in [9.17, 15) is 23.7 Å². The predicted octanol–water partition coefficient (Wildman–Crippen LogP) is 3.15. The van der Waals surface area contributed by atoms with Crippen molar-refractivity contribution in [2.75, 3.05) is 7.05 Å². The average molecular weight is 306 g/mol. The normalized spacial score (nSPS) is 10.3. The Kier molecular flexibility index (Phi) is 4.45. The fraction of sp³-hybridized carbons (Fsp3) is 0.133. The summed E-state index contributed by atoms with van der Waals surface area (Å²) in [6, 6.07) is 8.72. The van der Waals surface area contributed by atoms with Crippen LogP contribution >= 0.6 is 0 Å². The average Bonchev–Trinajstić information content (AvgIpc) is 2.48. The van der Waals surface area contributed by atoms with Crippen molar-refractivity contribution in [3.63, 3.8) is 0 Å². The van der Waals surface area contributed by atoms with E-state index in [4.69, 9.17) is 0 Å². The number of amides is 1. The Hall–Kier alpha value is -2.83. The lowest BCUT2D eigenvalue weighted by molar-refractivity contribution is -0.385. The number of carbonyl (C=O) groups is 1. The lowest BCUT2D eigenvalue weighted by Crippen LogP contribution is -2.27. The van der Waals surface area contributed by atoms with Crippen molar-refractivity contribution < 1.29 is 18.5 Å². The number of nitro groups is 1. The Morgan fingerprint density at radius 1 is 1.18 bits per heavy atom. The minimum absolute atomic E-state index is 0.0397. The predicted molar refractivity (Wildman–Crippen MR) is 75.3 cm³/mol. The van der Waals surface area contributed by atoms with Crippen LogP contribution in [0.1, 0.15) is 15.9 Å². The third-order valence-electron chi connectivity index (χ3n) is 3.11. The van der Waals surface area contributed by atoms with Gasteiger partial charge in [0.25, 0.3) is 11.6 Å². The highest BCUT2D eigenvalue weighted by molar-refractivity contribution is 5.94. The minimum Gasteiger partial charge on any atom is -0.337 e. The summed E-state index contributed by atoms with van der Waals surface area (Å²) in [6.45, 7) is -0.0397. The Balaban J connectivity index is 2.21. The number of hydrogen-bond donors (Lipinski definition) is 0. The molecule has 0 bridgehead atoms. The van der Waals surface area contributed by atoms with Crippen molar-refractivity contribution >= 4 is 11.6 Å². The molecule has 0 saturated carbocycles. The zero-order chi connectivity index (χ0) is 16.3. The van der Waals surface area contributed by atoms with Crippen LogP contribution in [0.2, 0.25) is 0 Å². The number of hydrogen-bond acceptors (Lipinski definition) is 3. The first-order valence-electron chi connectivity index (χ1n) is 6.33. The van der Waals surface area contributed by atoms with Crippen LogP contribution in [0.4, 0.5) is 14.5 Å². The molecule has 0 aliphatic carbocycles. The van der Waals surface area contributed by atoms with E-state index >= 15 is 0 Å². The molecule has 0 aliphatic heterocycles. The van der Waals surface area contributed by atoms with Crippen LogP contribution in [-0.2, 0) is 6.54 Å². The van der Waals surface area contributed by atoms with Crippen molar-refractivity contribution in [1.82, 2.24) is 4.90 Å². The molecule has 0 saturated heterocycles. The van der Waals surface area contributed by atoms with Gasteiger partial charge in [-0.3, -0.25) is 14.9 Å². The second-order valence-electron chi connectivity index (χ2n) is 4.67. The quantitative estimate of drug-likeness (QED) is 0.644. The van der Waals surface area contributed by atoms with Gasteiger partial charge in [0, 0.05) is 25.2 Å². The third kappa shape index (κ3) is 3.25. The highest BCUT2D eigenvalue weighted by atomic mass is 19.1. The molecule has 2 aromatic carbocycles. The van der Waals surface area contributed by atoms with Gasteiger partial charge in [0.1, 0.15) is 11.6 Å². The molecular formula is C15H12F2N2O3. The molecule has 1 amide bonds. The van der Waals surface area contributed by atoms with Crippen LogP contribution < -0.4 is 0 Å². The van der Waals surface area contributed by atoms with Gasteiger partial charge in [0.15, 0.2) is 0 Å². The number of rotatable bonds is 4. The van der Waals surface area contributed by atoms with Crippen molar-refractivity contribution in [3.05, 3.63) is 75.3 Å². The molecule has 2 aromatic rings. The number of non-ortho nitro benzene ring substituents is 1. The van der Waals surface area contributed by atoms with Crippen LogP contribution in [-0.4, -0.2) is 22.8 Å². The molecule has 0 aromatic heterocycles. The standard InChI is InChI=1S/C15H12F2N2O3/c1-18(9-10-4-2-3-5-13(10)16)15(20)12-7-6-11(19(21)22)8-14(12)17/h2-8H,9H2,1H3. The molecule has 2 rings (SSSR count). The summed E-state index contributed by atoms with van der Waals surface area (Å²) in [4.78, 5) is 23.1.